The van der Waals surface area contributed by atoms with Gasteiger partial charge in [0.25, 0.3) is 11.8 Å². The largest absolute Gasteiger partial charge is 0.294 e. The van der Waals surface area contributed by atoms with Crippen LogP contribution in [0.2, 0.25) is 0 Å². The standard InChI is InChI=1S/C16H22BrN3O2/c17-14-8-6-13(7-9-14)16(22)19-18-15(21)12-20-10-4-2-1-3-5-11-20/h6-9H,1-5,10-12H2,(H,18,21)(H,19,22). The summed E-state index contributed by atoms with van der Waals surface area (Å²) in [5, 5.41) is 0. The third-order valence-electron chi connectivity index (χ3n) is 3.74. The van der Waals surface area contributed by atoms with Gasteiger partial charge in [-0.3, -0.25) is 25.3 Å². The zero-order chi connectivity index (χ0) is 15.8. The van der Waals surface area contributed by atoms with E-state index in [1.165, 1.54) is 19.3 Å². The van der Waals surface area contributed by atoms with Crippen LogP contribution in [0.3, 0.4) is 0 Å². The number of nitrogens with one attached hydrogen (secondary N) is 2. The quantitative estimate of drug-likeness (QED) is 0.806. The van der Waals surface area contributed by atoms with Crippen LogP contribution in [-0.2, 0) is 4.79 Å². The van der Waals surface area contributed by atoms with Crippen molar-refractivity contribution in [3.8, 4) is 0 Å². The van der Waals surface area contributed by atoms with Gasteiger partial charge in [-0.2, -0.15) is 0 Å². The monoisotopic (exact) mass is 367 g/mol. The van der Waals surface area contributed by atoms with E-state index in [0.717, 1.165) is 30.4 Å². The minimum absolute atomic E-state index is 0.175. The van der Waals surface area contributed by atoms with E-state index in [4.69, 9.17) is 0 Å². The van der Waals surface area contributed by atoms with Crippen LogP contribution in [0.1, 0.15) is 42.5 Å². The van der Waals surface area contributed by atoms with Gasteiger partial charge in [-0.25, -0.2) is 0 Å². The van der Waals surface area contributed by atoms with Gasteiger partial charge in [0.2, 0.25) is 0 Å². The Morgan fingerprint density at radius 3 is 2.18 bits per heavy atom. The van der Waals surface area contributed by atoms with Gasteiger partial charge in [0.1, 0.15) is 0 Å². The summed E-state index contributed by atoms with van der Waals surface area (Å²) in [6, 6.07) is 6.97. The highest BCUT2D eigenvalue weighted by molar-refractivity contribution is 9.10. The highest BCUT2D eigenvalue weighted by Gasteiger charge is 2.13. The van der Waals surface area contributed by atoms with Crippen LogP contribution in [0.25, 0.3) is 0 Å². The Morgan fingerprint density at radius 2 is 1.55 bits per heavy atom. The van der Waals surface area contributed by atoms with Gasteiger partial charge >= 0.3 is 0 Å². The van der Waals surface area contributed by atoms with E-state index >= 15 is 0 Å². The number of hydrogen-bond acceptors (Lipinski definition) is 3. The number of carbonyl (C=O) groups is 2. The summed E-state index contributed by atoms with van der Waals surface area (Å²) >= 11 is 3.32. The van der Waals surface area contributed by atoms with Crippen molar-refractivity contribution in [1.82, 2.24) is 15.8 Å². The molecule has 1 aliphatic heterocycles. The van der Waals surface area contributed by atoms with Crippen molar-refractivity contribution in [1.29, 1.82) is 0 Å². The van der Waals surface area contributed by atoms with Crippen LogP contribution in [0.15, 0.2) is 28.7 Å². The molecule has 1 aromatic carbocycles. The highest BCUT2D eigenvalue weighted by Crippen LogP contribution is 2.11. The molecule has 22 heavy (non-hydrogen) atoms. The Labute approximate surface area is 139 Å². The number of hydrogen-bond donors (Lipinski definition) is 2. The number of likely N-dealkylation sites (tertiary alicyclic amines) is 1. The minimum atomic E-state index is -0.312. The number of rotatable bonds is 3. The van der Waals surface area contributed by atoms with Crippen LogP contribution >= 0.6 is 15.9 Å². The topological polar surface area (TPSA) is 61.4 Å². The Morgan fingerprint density at radius 1 is 0.955 bits per heavy atom. The molecule has 1 fully saturated rings. The van der Waals surface area contributed by atoms with Crippen molar-refractivity contribution in [3.63, 3.8) is 0 Å². The maximum absolute atomic E-state index is 11.9. The molecular weight excluding hydrogens is 346 g/mol. The first-order chi connectivity index (χ1) is 10.6. The van der Waals surface area contributed by atoms with E-state index in [0.29, 0.717) is 12.1 Å². The van der Waals surface area contributed by atoms with Crippen LogP contribution in [-0.4, -0.2) is 36.3 Å². The maximum Gasteiger partial charge on any atom is 0.269 e. The zero-order valence-corrected chi connectivity index (χ0v) is 14.2. The molecule has 0 bridgehead atoms. The van der Waals surface area contributed by atoms with Crippen molar-refractivity contribution >= 4 is 27.7 Å². The molecule has 120 valence electrons. The van der Waals surface area contributed by atoms with Gasteiger partial charge in [-0.15, -0.1) is 0 Å². The lowest BCUT2D eigenvalue weighted by Crippen LogP contribution is -2.46. The SMILES string of the molecule is O=C(CN1CCCCCCC1)NNC(=O)c1ccc(Br)cc1. The molecule has 1 heterocycles. The normalized spacial score (nSPS) is 16.4. The molecular formula is C16H22BrN3O2. The average molecular weight is 368 g/mol. The van der Waals surface area contributed by atoms with Gasteiger partial charge in [0.15, 0.2) is 0 Å². The molecule has 0 radical (unpaired) electrons. The van der Waals surface area contributed by atoms with Gasteiger partial charge in [0, 0.05) is 10.0 Å². The summed E-state index contributed by atoms with van der Waals surface area (Å²) in [5.74, 6) is -0.487. The Balaban J connectivity index is 1.74. The van der Waals surface area contributed by atoms with Crippen LogP contribution in [0.4, 0.5) is 0 Å². The van der Waals surface area contributed by atoms with E-state index in [2.05, 4.69) is 31.7 Å². The average Bonchev–Trinajstić information content (AvgIpc) is 2.48. The smallest absolute Gasteiger partial charge is 0.269 e. The molecule has 0 saturated carbocycles. The molecule has 1 aromatic rings. The molecule has 2 rings (SSSR count). The first kappa shape index (κ1) is 17.0. The van der Waals surface area contributed by atoms with Crippen molar-refractivity contribution in [2.24, 2.45) is 0 Å². The zero-order valence-electron chi connectivity index (χ0n) is 12.6. The number of benzene rings is 1. The summed E-state index contributed by atoms with van der Waals surface area (Å²) < 4.78 is 0.908. The molecule has 0 aliphatic carbocycles. The third kappa shape index (κ3) is 5.77. The second-order valence-corrected chi connectivity index (χ2v) is 6.47. The van der Waals surface area contributed by atoms with Gasteiger partial charge in [-0.05, 0) is 50.2 Å². The molecule has 0 unspecified atom stereocenters. The van der Waals surface area contributed by atoms with Crippen LogP contribution in [0.5, 0.6) is 0 Å². The number of carbonyl (C=O) groups excluding carboxylic acids is 2. The number of amides is 2. The van der Waals surface area contributed by atoms with Gasteiger partial charge in [0.05, 0.1) is 6.54 Å². The number of halogens is 1. The van der Waals surface area contributed by atoms with Crippen molar-refractivity contribution in [3.05, 3.63) is 34.3 Å². The van der Waals surface area contributed by atoms with E-state index < -0.39 is 0 Å². The molecule has 2 amide bonds. The van der Waals surface area contributed by atoms with Crippen molar-refractivity contribution in [2.75, 3.05) is 19.6 Å². The van der Waals surface area contributed by atoms with Crippen molar-refractivity contribution in [2.45, 2.75) is 32.1 Å². The fraction of sp³-hybridized carbons (Fsp3) is 0.500. The second-order valence-electron chi connectivity index (χ2n) is 5.55. The highest BCUT2D eigenvalue weighted by atomic mass is 79.9. The lowest BCUT2D eigenvalue weighted by molar-refractivity contribution is -0.123. The van der Waals surface area contributed by atoms with Crippen LogP contribution < -0.4 is 10.9 Å². The summed E-state index contributed by atoms with van der Waals surface area (Å²) in [6.45, 7) is 2.24. The van der Waals surface area contributed by atoms with Gasteiger partial charge < -0.3 is 0 Å². The van der Waals surface area contributed by atoms with E-state index in [-0.39, 0.29) is 11.8 Å². The van der Waals surface area contributed by atoms with E-state index in [1.54, 1.807) is 24.3 Å². The summed E-state index contributed by atoms with van der Waals surface area (Å²) in [5.41, 5.74) is 5.45. The van der Waals surface area contributed by atoms with Gasteiger partial charge in [-0.1, -0.05) is 35.2 Å². The lowest BCUT2D eigenvalue weighted by atomic mass is 10.1. The molecule has 0 aromatic heterocycles. The molecule has 6 heteroatoms. The Kier molecular flexibility index (Phi) is 6.86. The number of hydrazine groups is 1. The fourth-order valence-electron chi connectivity index (χ4n) is 2.51. The van der Waals surface area contributed by atoms with Crippen molar-refractivity contribution < 1.29 is 9.59 Å². The minimum Gasteiger partial charge on any atom is -0.294 e. The molecule has 2 N–H and O–H groups in total. The summed E-state index contributed by atoms with van der Waals surface area (Å²) in [7, 11) is 0. The van der Waals surface area contributed by atoms with E-state index in [1.807, 2.05) is 0 Å². The Hall–Kier alpha value is -1.40. The molecule has 1 saturated heterocycles. The summed E-state index contributed by atoms with van der Waals surface area (Å²) in [4.78, 5) is 26.0. The molecule has 0 atom stereocenters. The predicted molar refractivity (Wildman–Crippen MR) is 89.3 cm³/mol. The third-order valence-corrected chi connectivity index (χ3v) is 4.27. The molecule has 0 spiro atoms. The Bertz CT molecular complexity index is 497. The molecule has 1 aliphatic rings. The number of nitrogens with zero attached hydrogens (tertiary/aromatic N) is 1. The second kappa shape index (κ2) is 8.90. The van der Waals surface area contributed by atoms with Crippen LogP contribution in [0, 0.1) is 0 Å². The maximum atomic E-state index is 11.9. The first-order valence-electron chi connectivity index (χ1n) is 7.72. The fourth-order valence-corrected chi connectivity index (χ4v) is 2.78. The predicted octanol–water partition coefficient (Wildman–Crippen LogP) is 2.48. The molecule has 5 nitrogen and oxygen atoms in total. The lowest BCUT2D eigenvalue weighted by Gasteiger charge is -2.23. The first-order valence-corrected chi connectivity index (χ1v) is 8.51. The summed E-state index contributed by atoms with van der Waals surface area (Å²) in [6.07, 6.45) is 6.04. The van der Waals surface area contributed by atoms with E-state index in [9.17, 15) is 9.59 Å².